The van der Waals surface area contributed by atoms with Gasteiger partial charge in [-0.3, -0.25) is 4.79 Å². The molecule has 7 atom stereocenters. The van der Waals surface area contributed by atoms with E-state index in [4.69, 9.17) is 52.1 Å². The van der Waals surface area contributed by atoms with E-state index in [0.717, 1.165) is 44.9 Å². The molecule has 0 bridgehead atoms. The monoisotopic (exact) mass is 1090 g/mol. The van der Waals surface area contributed by atoms with Crippen molar-refractivity contribution in [2.75, 3.05) is 34.5 Å². The fourth-order valence-corrected chi connectivity index (χ4v) is 9.02. The first-order valence-corrected chi connectivity index (χ1v) is 29.4. The van der Waals surface area contributed by atoms with Crippen LogP contribution in [0.5, 0.6) is 0 Å². The number of allylic oxidation sites excluding steroid dienone is 1. The van der Waals surface area contributed by atoms with Crippen LogP contribution in [0.3, 0.4) is 0 Å². The van der Waals surface area contributed by atoms with Crippen molar-refractivity contribution in [2.45, 2.75) is 283 Å². The predicted octanol–water partition coefficient (Wildman–Crippen LogP) is 14.4. The van der Waals surface area contributed by atoms with Gasteiger partial charge in [-0.05, 0) is 79.0 Å². The summed E-state index contributed by atoms with van der Waals surface area (Å²) in [6.45, 7) is 12.6. The summed E-state index contributed by atoms with van der Waals surface area (Å²) in [6, 6.07) is 7.76. The summed E-state index contributed by atoms with van der Waals surface area (Å²) in [5, 5.41) is 3.15. The lowest BCUT2D eigenvalue weighted by Crippen LogP contribution is -2.63. The maximum absolute atomic E-state index is 14.0. The van der Waals surface area contributed by atoms with Crippen LogP contribution < -0.4 is 5.32 Å². The molecule has 0 spiro atoms. The fourth-order valence-electron chi connectivity index (χ4n) is 9.02. The van der Waals surface area contributed by atoms with Gasteiger partial charge < -0.3 is 57.4 Å². The third-order valence-corrected chi connectivity index (χ3v) is 13.1. The normalized spacial score (nSPS) is 18.7. The molecular formula is C61H105NO15. The highest BCUT2D eigenvalue weighted by molar-refractivity contribution is 5.89. The summed E-state index contributed by atoms with van der Waals surface area (Å²) in [7, 11) is 4.13. The minimum atomic E-state index is -1.36. The lowest BCUT2D eigenvalue weighted by atomic mass is 9.98. The van der Waals surface area contributed by atoms with Gasteiger partial charge in [0.05, 0.1) is 18.2 Å². The Morgan fingerprint density at radius 3 is 1.61 bits per heavy atom. The third kappa shape index (κ3) is 32.8. The van der Waals surface area contributed by atoms with Crippen LogP contribution >= 0.6 is 0 Å². The van der Waals surface area contributed by atoms with Crippen LogP contribution in [-0.4, -0.2) is 119 Å². The SMILES string of the molecule is CCCCCCCCCCCCC/C=C/[C@@H](OC(=O)c1ccccc1)[C@H](CO[C@H]1O[C@H](COC(=O)OC(C)(C)C)[C@H](OC(=O)OC(C)(C)C)[C@H](OC(OC)OC)[C@H]1OC)NC(=O)CCCCCCCCCCCCCCC. The molecule has 2 rings (SSSR count). The minimum absolute atomic E-state index is 0.229. The number of carbonyl (C=O) groups excluding carboxylic acids is 4. The quantitative estimate of drug-likeness (QED) is 0.0214. The van der Waals surface area contributed by atoms with E-state index in [-0.39, 0.29) is 18.9 Å². The number of hydrogen-bond acceptors (Lipinski definition) is 15. The van der Waals surface area contributed by atoms with E-state index in [1.165, 1.54) is 130 Å². The van der Waals surface area contributed by atoms with Gasteiger partial charge in [-0.25, -0.2) is 14.4 Å². The minimum Gasteiger partial charge on any atom is -0.452 e. The van der Waals surface area contributed by atoms with E-state index in [0.29, 0.717) is 12.0 Å². The topological polar surface area (TPSA) is 182 Å². The number of rotatable bonds is 42. The molecule has 0 aliphatic carbocycles. The molecule has 1 heterocycles. The van der Waals surface area contributed by atoms with E-state index in [9.17, 15) is 19.2 Å². The van der Waals surface area contributed by atoms with Crippen molar-refractivity contribution in [1.82, 2.24) is 5.32 Å². The van der Waals surface area contributed by atoms with Crippen molar-refractivity contribution in [3.05, 3.63) is 48.0 Å². The van der Waals surface area contributed by atoms with Crippen molar-refractivity contribution in [3.8, 4) is 0 Å². The first-order valence-electron chi connectivity index (χ1n) is 29.4. The molecule has 1 aromatic carbocycles. The molecule has 1 fully saturated rings. The summed E-state index contributed by atoms with van der Waals surface area (Å²) < 4.78 is 64.9. The summed E-state index contributed by atoms with van der Waals surface area (Å²) in [4.78, 5) is 54.2. The highest BCUT2D eigenvalue weighted by Gasteiger charge is 2.52. The summed E-state index contributed by atoms with van der Waals surface area (Å²) >= 11 is 0. The Bertz CT molecular complexity index is 1710. The number of hydrogen-bond donors (Lipinski definition) is 1. The number of methoxy groups -OCH3 is 3. The highest BCUT2D eigenvalue weighted by atomic mass is 16.9. The Hall–Kier alpha value is -3.80. The average molecular weight is 1090 g/mol. The van der Waals surface area contributed by atoms with Crippen LogP contribution in [-0.2, 0) is 56.9 Å². The van der Waals surface area contributed by atoms with Gasteiger partial charge in [0.1, 0.15) is 42.2 Å². The van der Waals surface area contributed by atoms with Gasteiger partial charge in [0.2, 0.25) is 5.91 Å². The van der Waals surface area contributed by atoms with E-state index in [1.807, 2.05) is 18.2 Å². The Morgan fingerprint density at radius 2 is 1.12 bits per heavy atom. The van der Waals surface area contributed by atoms with Crippen LogP contribution in [0.15, 0.2) is 42.5 Å². The first-order chi connectivity index (χ1) is 36.9. The van der Waals surface area contributed by atoms with Crippen LogP contribution in [0, 0.1) is 0 Å². The molecule has 1 aromatic rings. The number of benzene rings is 1. The fraction of sp³-hybridized carbons (Fsp3) is 0.803. The first kappa shape index (κ1) is 69.3. The van der Waals surface area contributed by atoms with Gasteiger partial charge in [0.15, 0.2) is 12.4 Å². The van der Waals surface area contributed by atoms with E-state index in [1.54, 1.807) is 65.8 Å². The second-order valence-corrected chi connectivity index (χ2v) is 22.4. The number of ether oxygens (including phenoxy) is 11. The molecule has 0 unspecified atom stereocenters. The number of unbranched alkanes of at least 4 members (excludes halogenated alkanes) is 23. The molecule has 1 aliphatic heterocycles. The van der Waals surface area contributed by atoms with Gasteiger partial charge in [-0.1, -0.05) is 179 Å². The second kappa shape index (κ2) is 41.2. The zero-order valence-electron chi connectivity index (χ0n) is 49.6. The van der Waals surface area contributed by atoms with Gasteiger partial charge in [0, 0.05) is 27.8 Å². The molecule has 0 aromatic heterocycles. The largest absolute Gasteiger partial charge is 0.509 e. The zero-order chi connectivity index (χ0) is 56.7. The molecule has 1 N–H and O–H groups in total. The molecule has 0 radical (unpaired) electrons. The molecule has 16 nitrogen and oxygen atoms in total. The highest BCUT2D eigenvalue weighted by Crippen LogP contribution is 2.32. The Labute approximate surface area is 464 Å². The van der Waals surface area contributed by atoms with Crippen molar-refractivity contribution in [3.63, 3.8) is 0 Å². The van der Waals surface area contributed by atoms with Crippen molar-refractivity contribution >= 4 is 24.2 Å². The van der Waals surface area contributed by atoms with Gasteiger partial charge in [-0.2, -0.15) is 0 Å². The Kier molecular flexibility index (Phi) is 37.1. The zero-order valence-corrected chi connectivity index (χ0v) is 49.6. The number of esters is 1. The summed E-state index contributed by atoms with van der Waals surface area (Å²) in [6.07, 6.45) is 24.1. The second-order valence-electron chi connectivity index (χ2n) is 22.4. The van der Waals surface area contributed by atoms with Gasteiger partial charge >= 0.3 is 18.3 Å². The smallest absolute Gasteiger partial charge is 0.452 e. The van der Waals surface area contributed by atoms with Crippen LogP contribution in [0.2, 0.25) is 0 Å². The van der Waals surface area contributed by atoms with Gasteiger partial charge in [-0.15, -0.1) is 0 Å². The standard InChI is InChI=1S/C61H105NO15/c1-12-14-16-18-20-22-24-26-28-30-32-34-39-43-49(72-55(64)47-41-37-36-38-42-47)48(62-51(63)44-40-35-33-31-29-27-25-23-21-19-17-15-13-2)45-70-56-54(67-9)53(75-59(68-10)69-11)52(74-58(66)77-61(6,7)8)50(73-56)46-71-57(65)76-60(3,4)5/h36-39,41-43,48-50,52-54,56,59H,12-35,40,44-46H2,1-11H3,(H,62,63)/b43-39+/t48-,49+,50+,52-,53-,54+,56-/m0/s1. The molecular weight excluding hydrogens is 987 g/mol. The molecule has 0 saturated carbocycles. The molecule has 1 amide bonds. The lowest BCUT2D eigenvalue weighted by Gasteiger charge is -2.45. The molecule has 444 valence electrons. The van der Waals surface area contributed by atoms with Crippen LogP contribution in [0.25, 0.3) is 0 Å². The lowest BCUT2D eigenvalue weighted by molar-refractivity contribution is -0.362. The van der Waals surface area contributed by atoms with E-state index < -0.39 is 85.4 Å². The van der Waals surface area contributed by atoms with Gasteiger partial charge in [0.25, 0.3) is 6.48 Å². The predicted molar refractivity (Wildman–Crippen MR) is 299 cm³/mol. The molecule has 1 saturated heterocycles. The Balaban J connectivity index is 2.45. The number of nitrogens with one attached hydrogen (secondary N) is 1. The van der Waals surface area contributed by atoms with Crippen molar-refractivity contribution in [1.29, 1.82) is 0 Å². The molecule has 77 heavy (non-hydrogen) atoms. The maximum atomic E-state index is 14.0. The van der Waals surface area contributed by atoms with Crippen molar-refractivity contribution < 1.29 is 71.3 Å². The van der Waals surface area contributed by atoms with E-state index in [2.05, 4.69) is 19.2 Å². The van der Waals surface area contributed by atoms with Crippen molar-refractivity contribution in [2.24, 2.45) is 0 Å². The third-order valence-electron chi connectivity index (χ3n) is 13.1. The number of carbonyl (C=O) groups is 4. The number of amides is 1. The average Bonchev–Trinajstić information content (AvgIpc) is 3.38. The molecule has 16 heteroatoms. The molecule has 1 aliphatic rings. The summed E-state index contributed by atoms with van der Waals surface area (Å²) in [5.41, 5.74) is -1.47. The maximum Gasteiger partial charge on any atom is 0.509 e. The van der Waals surface area contributed by atoms with E-state index >= 15 is 0 Å². The summed E-state index contributed by atoms with van der Waals surface area (Å²) in [5.74, 6) is -0.803. The van der Waals surface area contributed by atoms with Crippen LogP contribution in [0.4, 0.5) is 9.59 Å². The van der Waals surface area contributed by atoms with Crippen LogP contribution in [0.1, 0.15) is 233 Å². The Morgan fingerprint density at radius 1 is 0.623 bits per heavy atom.